The van der Waals surface area contributed by atoms with Crippen LogP contribution in [0.15, 0.2) is 29.2 Å². The molecule has 1 aromatic rings. The van der Waals surface area contributed by atoms with Crippen molar-refractivity contribution < 1.29 is 8.42 Å². The lowest BCUT2D eigenvalue weighted by Crippen LogP contribution is -2.24. The highest BCUT2D eigenvalue weighted by Gasteiger charge is 2.30. The van der Waals surface area contributed by atoms with E-state index in [1.165, 1.54) is 19.9 Å². The van der Waals surface area contributed by atoms with Crippen molar-refractivity contribution >= 4 is 15.7 Å². The van der Waals surface area contributed by atoms with E-state index in [9.17, 15) is 8.42 Å². The zero-order chi connectivity index (χ0) is 13.2. The monoisotopic (exact) mass is 268 g/mol. The van der Waals surface area contributed by atoms with Crippen LogP contribution in [0.4, 0.5) is 5.69 Å². The average Bonchev–Trinajstić information content (AvgIpc) is 3.20. The summed E-state index contributed by atoms with van der Waals surface area (Å²) in [7, 11) is -1.97. The van der Waals surface area contributed by atoms with Crippen molar-refractivity contribution in [2.45, 2.75) is 37.1 Å². The first kappa shape index (κ1) is 13.4. The van der Waals surface area contributed by atoms with E-state index in [2.05, 4.69) is 17.0 Å². The smallest absolute Gasteiger partial charge is 0.242 e. The Morgan fingerprint density at radius 1 is 1.33 bits per heavy atom. The van der Waals surface area contributed by atoms with Crippen molar-refractivity contribution in [3.63, 3.8) is 0 Å². The third-order valence-corrected chi connectivity index (χ3v) is 4.89. The Hall–Kier alpha value is -1.07. The van der Waals surface area contributed by atoms with Crippen LogP contribution < -0.4 is 10.0 Å². The summed E-state index contributed by atoms with van der Waals surface area (Å²) in [6.45, 7) is 2.13. The molecule has 0 heterocycles. The fourth-order valence-electron chi connectivity index (χ4n) is 2.18. The molecule has 0 aliphatic heterocycles. The van der Waals surface area contributed by atoms with Crippen LogP contribution in [0.1, 0.15) is 26.2 Å². The maximum absolute atomic E-state index is 11.9. The molecule has 0 aromatic heterocycles. The van der Waals surface area contributed by atoms with E-state index in [-0.39, 0.29) is 0 Å². The average molecular weight is 268 g/mol. The van der Waals surface area contributed by atoms with Crippen molar-refractivity contribution in [1.82, 2.24) is 4.72 Å². The molecule has 5 heteroatoms. The van der Waals surface area contributed by atoms with Gasteiger partial charge in [0.05, 0.1) is 5.69 Å². The Labute approximate surface area is 109 Å². The molecule has 1 aromatic carbocycles. The minimum absolute atomic E-state index is 0.326. The molecule has 1 aliphatic rings. The van der Waals surface area contributed by atoms with Gasteiger partial charge in [-0.3, -0.25) is 0 Å². The van der Waals surface area contributed by atoms with Gasteiger partial charge in [-0.15, -0.1) is 0 Å². The molecule has 2 rings (SSSR count). The van der Waals surface area contributed by atoms with Crippen LogP contribution >= 0.6 is 0 Å². The lowest BCUT2D eigenvalue weighted by molar-refractivity contribution is 0.586. The first-order valence-corrected chi connectivity index (χ1v) is 7.86. The lowest BCUT2D eigenvalue weighted by Gasteiger charge is -2.19. The number of benzene rings is 1. The maximum atomic E-state index is 11.9. The Morgan fingerprint density at radius 2 is 2.00 bits per heavy atom. The summed E-state index contributed by atoms with van der Waals surface area (Å²) >= 11 is 0. The van der Waals surface area contributed by atoms with Crippen molar-refractivity contribution in [3.8, 4) is 0 Å². The molecule has 0 bridgehead atoms. The number of para-hydroxylation sites is 1. The second-order valence-corrected chi connectivity index (χ2v) is 6.56. The van der Waals surface area contributed by atoms with Crippen LogP contribution in [0.2, 0.25) is 0 Å². The van der Waals surface area contributed by atoms with Crippen molar-refractivity contribution in [2.24, 2.45) is 5.92 Å². The topological polar surface area (TPSA) is 58.2 Å². The molecule has 100 valence electrons. The maximum Gasteiger partial charge on any atom is 0.242 e. The Morgan fingerprint density at radius 3 is 2.56 bits per heavy atom. The predicted molar refractivity (Wildman–Crippen MR) is 73.1 cm³/mol. The SMILES string of the molecule is CCC(Nc1ccccc1S(=O)(=O)NC)C1CC1. The van der Waals surface area contributed by atoms with Gasteiger partial charge in [0.2, 0.25) is 10.0 Å². The van der Waals surface area contributed by atoms with E-state index < -0.39 is 10.0 Å². The van der Waals surface area contributed by atoms with Gasteiger partial charge in [-0.2, -0.15) is 0 Å². The summed E-state index contributed by atoms with van der Waals surface area (Å²) in [5, 5.41) is 3.38. The first-order valence-electron chi connectivity index (χ1n) is 6.37. The highest BCUT2D eigenvalue weighted by molar-refractivity contribution is 7.89. The van der Waals surface area contributed by atoms with Gasteiger partial charge in [0, 0.05) is 6.04 Å². The van der Waals surface area contributed by atoms with Crippen LogP contribution in [0.3, 0.4) is 0 Å². The normalized spacial score (nSPS) is 17.4. The van der Waals surface area contributed by atoms with Gasteiger partial charge in [0.15, 0.2) is 0 Å². The Bertz CT molecular complexity index is 509. The van der Waals surface area contributed by atoms with E-state index in [0.717, 1.165) is 6.42 Å². The second-order valence-electron chi connectivity index (χ2n) is 4.70. The number of hydrogen-bond donors (Lipinski definition) is 2. The minimum atomic E-state index is -3.40. The molecule has 1 aliphatic carbocycles. The summed E-state index contributed by atoms with van der Waals surface area (Å²) in [4.78, 5) is 0.326. The van der Waals surface area contributed by atoms with Gasteiger partial charge in [0.25, 0.3) is 0 Å². The zero-order valence-corrected chi connectivity index (χ0v) is 11.6. The molecule has 1 saturated carbocycles. The number of nitrogens with one attached hydrogen (secondary N) is 2. The van der Waals surface area contributed by atoms with Crippen molar-refractivity contribution in [2.75, 3.05) is 12.4 Å². The van der Waals surface area contributed by atoms with E-state index in [1.54, 1.807) is 12.1 Å². The molecule has 0 saturated heterocycles. The number of sulfonamides is 1. The molecule has 0 radical (unpaired) electrons. The fraction of sp³-hybridized carbons (Fsp3) is 0.538. The quantitative estimate of drug-likeness (QED) is 0.831. The summed E-state index contributed by atoms with van der Waals surface area (Å²) in [6, 6.07) is 7.44. The summed E-state index contributed by atoms with van der Waals surface area (Å²) in [6.07, 6.45) is 3.50. The van der Waals surface area contributed by atoms with Crippen LogP contribution in [-0.2, 0) is 10.0 Å². The van der Waals surface area contributed by atoms with Crippen molar-refractivity contribution in [1.29, 1.82) is 0 Å². The van der Waals surface area contributed by atoms with Crippen molar-refractivity contribution in [3.05, 3.63) is 24.3 Å². The zero-order valence-electron chi connectivity index (χ0n) is 10.8. The molecule has 18 heavy (non-hydrogen) atoms. The van der Waals surface area contributed by atoms with Gasteiger partial charge >= 0.3 is 0 Å². The lowest BCUT2D eigenvalue weighted by atomic mass is 10.1. The number of hydrogen-bond acceptors (Lipinski definition) is 3. The highest BCUT2D eigenvalue weighted by atomic mass is 32.2. The van der Waals surface area contributed by atoms with E-state index in [4.69, 9.17) is 0 Å². The van der Waals surface area contributed by atoms with Gasteiger partial charge in [-0.05, 0) is 44.4 Å². The van der Waals surface area contributed by atoms with Gasteiger partial charge < -0.3 is 5.32 Å². The molecule has 1 atom stereocenters. The second kappa shape index (κ2) is 5.28. The molecule has 1 unspecified atom stereocenters. The predicted octanol–water partition coefficient (Wildman–Crippen LogP) is 2.20. The minimum Gasteiger partial charge on any atom is -0.381 e. The largest absolute Gasteiger partial charge is 0.381 e. The Balaban J connectivity index is 2.27. The molecular formula is C13H20N2O2S. The van der Waals surface area contributed by atoms with E-state index in [1.807, 2.05) is 12.1 Å². The third kappa shape index (κ3) is 2.84. The highest BCUT2D eigenvalue weighted by Crippen LogP contribution is 2.36. The summed E-state index contributed by atoms with van der Waals surface area (Å²) in [5.74, 6) is 0.695. The molecule has 0 amide bonds. The summed E-state index contributed by atoms with van der Waals surface area (Å²) in [5.41, 5.74) is 0.700. The third-order valence-electron chi connectivity index (χ3n) is 3.42. The molecule has 4 nitrogen and oxygen atoms in total. The van der Waals surface area contributed by atoms with Crippen LogP contribution in [-0.4, -0.2) is 21.5 Å². The fourth-order valence-corrected chi connectivity index (χ4v) is 3.08. The van der Waals surface area contributed by atoms with E-state index in [0.29, 0.717) is 22.5 Å². The standard InChI is InChI=1S/C13H20N2O2S/c1-3-11(10-8-9-10)15-12-6-4-5-7-13(12)18(16,17)14-2/h4-7,10-11,14-15H,3,8-9H2,1-2H3. The molecular weight excluding hydrogens is 248 g/mol. The summed E-state index contributed by atoms with van der Waals surface area (Å²) < 4.78 is 26.2. The van der Waals surface area contributed by atoms with E-state index >= 15 is 0 Å². The molecule has 0 spiro atoms. The number of rotatable bonds is 6. The first-order chi connectivity index (χ1) is 8.58. The number of anilines is 1. The molecule has 2 N–H and O–H groups in total. The van der Waals surface area contributed by atoms with Crippen LogP contribution in [0, 0.1) is 5.92 Å². The van der Waals surface area contributed by atoms with Gasteiger partial charge in [-0.1, -0.05) is 19.1 Å². The van der Waals surface area contributed by atoms with Gasteiger partial charge in [0.1, 0.15) is 4.90 Å². The van der Waals surface area contributed by atoms with Crippen LogP contribution in [0.25, 0.3) is 0 Å². The molecule has 1 fully saturated rings. The Kier molecular flexibility index (Phi) is 3.92. The van der Waals surface area contributed by atoms with Crippen LogP contribution in [0.5, 0.6) is 0 Å². The van der Waals surface area contributed by atoms with Gasteiger partial charge in [-0.25, -0.2) is 13.1 Å².